The second kappa shape index (κ2) is 8.79. The Labute approximate surface area is 166 Å². The van der Waals surface area contributed by atoms with Crippen LogP contribution in [0.4, 0.5) is 0 Å². The van der Waals surface area contributed by atoms with Crippen molar-refractivity contribution in [3.8, 4) is 5.75 Å². The zero-order valence-corrected chi connectivity index (χ0v) is 16.5. The molecule has 0 aliphatic heterocycles. The summed E-state index contributed by atoms with van der Waals surface area (Å²) in [6, 6.07) is 15.0. The Hall–Kier alpha value is -2.70. The number of carbonyl (C=O) groups is 1. The summed E-state index contributed by atoms with van der Waals surface area (Å²) in [5, 5.41) is 5.54. The van der Waals surface area contributed by atoms with Gasteiger partial charge in [-0.25, -0.2) is 10.4 Å². The van der Waals surface area contributed by atoms with Crippen LogP contribution >= 0.6 is 22.9 Å². The molecule has 27 heavy (non-hydrogen) atoms. The van der Waals surface area contributed by atoms with Crippen molar-refractivity contribution in [3.63, 3.8) is 0 Å². The molecule has 0 aliphatic carbocycles. The van der Waals surface area contributed by atoms with E-state index >= 15 is 0 Å². The maximum atomic E-state index is 12.1. The summed E-state index contributed by atoms with van der Waals surface area (Å²) in [6.45, 7) is 4.05. The molecule has 0 saturated heterocycles. The number of benzene rings is 2. The number of hydrazone groups is 1. The number of aromatic nitrogens is 1. The predicted octanol–water partition coefficient (Wildman–Crippen LogP) is 4.76. The summed E-state index contributed by atoms with van der Waals surface area (Å²) in [7, 11) is 0. The SMILES string of the molecule is Cc1nc(C)c(C(=O)N/N=C/c2cccc(OCc3ccccc3Cl)c2)s1. The van der Waals surface area contributed by atoms with Crippen LogP contribution in [0, 0.1) is 13.8 Å². The molecule has 0 spiro atoms. The van der Waals surface area contributed by atoms with Crippen LogP contribution in [0.1, 0.15) is 31.5 Å². The van der Waals surface area contributed by atoms with Crippen molar-refractivity contribution in [1.82, 2.24) is 10.4 Å². The lowest BCUT2D eigenvalue weighted by molar-refractivity contribution is 0.0958. The van der Waals surface area contributed by atoms with Crippen LogP contribution in [-0.4, -0.2) is 17.1 Å². The van der Waals surface area contributed by atoms with Crippen molar-refractivity contribution in [2.45, 2.75) is 20.5 Å². The smallest absolute Gasteiger partial charge is 0.283 e. The molecule has 7 heteroatoms. The lowest BCUT2D eigenvalue weighted by Crippen LogP contribution is -2.17. The highest BCUT2D eigenvalue weighted by molar-refractivity contribution is 7.13. The van der Waals surface area contributed by atoms with E-state index in [4.69, 9.17) is 16.3 Å². The second-order valence-corrected chi connectivity index (χ2v) is 7.41. The van der Waals surface area contributed by atoms with Crippen molar-refractivity contribution in [2.24, 2.45) is 5.10 Å². The van der Waals surface area contributed by atoms with Gasteiger partial charge in [0.25, 0.3) is 5.91 Å². The van der Waals surface area contributed by atoms with Gasteiger partial charge in [0.2, 0.25) is 0 Å². The summed E-state index contributed by atoms with van der Waals surface area (Å²) >= 11 is 7.49. The molecule has 1 amide bonds. The number of ether oxygens (including phenoxy) is 1. The fourth-order valence-corrected chi connectivity index (χ4v) is 3.42. The Morgan fingerprint density at radius 3 is 2.81 bits per heavy atom. The highest BCUT2D eigenvalue weighted by Crippen LogP contribution is 2.19. The number of thiazole rings is 1. The van der Waals surface area contributed by atoms with E-state index in [0.29, 0.717) is 28.0 Å². The van der Waals surface area contributed by atoms with E-state index in [1.54, 1.807) is 6.21 Å². The number of hydrogen-bond donors (Lipinski definition) is 1. The van der Waals surface area contributed by atoms with Crippen LogP contribution in [0.3, 0.4) is 0 Å². The molecular formula is C20H18ClN3O2S. The van der Waals surface area contributed by atoms with E-state index in [1.165, 1.54) is 11.3 Å². The number of nitrogens with one attached hydrogen (secondary N) is 1. The predicted molar refractivity (Wildman–Crippen MR) is 109 cm³/mol. The van der Waals surface area contributed by atoms with Gasteiger partial charge in [-0.2, -0.15) is 5.10 Å². The molecule has 3 aromatic rings. The van der Waals surface area contributed by atoms with Gasteiger partial charge in [0.05, 0.1) is 16.9 Å². The van der Waals surface area contributed by atoms with E-state index in [1.807, 2.05) is 62.4 Å². The van der Waals surface area contributed by atoms with E-state index in [0.717, 1.165) is 16.1 Å². The van der Waals surface area contributed by atoms with Crippen LogP contribution in [0.25, 0.3) is 0 Å². The summed E-state index contributed by atoms with van der Waals surface area (Å²) in [5.74, 6) is 0.430. The monoisotopic (exact) mass is 399 g/mol. The summed E-state index contributed by atoms with van der Waals surface area (Å²) < 4.78 is 5.79. The third-order valence-corrected chi connectivity index (χ3v) is 5.14. The highest BCUT2D eigenvalue weighted by Gasteiger charge is 2.12. The Morgan fingerprint density at radius 2 is 2.07 bits per heavy atom. The third kappa shape index (κ3) is 5.15. The van der Waals surface area contributed by atoms with E-state index in [2.05, 4.69) is 15.5 Å². The quantitative estimate of drug-likeness (QED) is 0.480. The number of nitrogens with zero attached hydrogens (tertiary/aromatic N) is 2. The molecule has 0 fully saturated rings. The molecule has 0 atom stereocenters. The molecule has 2 aromatic carbocycles. The van der Waals surface area contributed by atoms with Gasteiger partial charge in [-0.1, -0.05) is 41.9 Å². The average molecular weight is 400 g/mol. The van der Waals surface area contributed by atoms with Crippen LogP contribution in [0.5, 0.6) is 5.75 Å². The van der Waals surface area contributed by atoms with Gasteiger partial charge in [0.1, 0.15) is 17.2 Å². The van der Waals surface area contributed by atoms with Gasteiger partial charge in [-0.3, -0.25) is 4.79 Å². The van der Waals surface area contributed by atoms with Crippen LogP contribution in [-0.2, 0) is 6.61 Å². The second-order valence-electron chi connectivity index (χ2n) is 5.80. The van der Waals surface area contributed by atoms with Gasteiger partial charge < -0.3 is 4.74 Å². The van der Waals surface area contributed by atoms with Crippen LogP contribution < -0.4 is 10.2 Å². The average Bonchev–Trinajstić information content (AvgIpc) is 3.00. The van der Waals surface area contributed by atoms with Crippen molar-refractivity contribution in [2.75, 3.05) is 0 Å². The Kier molecular flexibility index (Phi) is 6.21. The molecule has 1 aromatic heterocycles. The van der Waals surface area contributed by atoms with Gasteiger partial charge in [-0.15, -0.1) is 11.3 Å². The maximum Gasteiger partial charge on any atom is 0.283 e. The lowest BCUT2D eigenvalue weighted by atomic mass is 10.2. The van der Waals surface area contributed by atoms with Crippen molar-refractivity contribution >= 4 is 35.1 Å². The number of carbonyl (C=O) groups excluding carboxylic acids is 1. The molecule has 0 radical (unpaired) electrons. The van der Waals surface area contributed by atoms with Crippen molar-refractivity contribution in [3.05, 3.63) is 80.3 Å². The topological polar surface area (TPSA) is 63.6 Å². The Balaban J connectivity index is 1.60. The van der Waals surface area contributed by atoms with Gasteiger partial charge >= 0.3 is 0 Å². The highest BCUT2D eigenvalue weighted by atomic mass is 35.5. The zero-order valence-electron chi connectivity index (χ0n) is 14.9. The van der Waals surface area contributed by atoms with Crippen LogP contribution in [0.15, 0.2) is 53.6 Å². The minimum absolute atomic E-state index is 0.263. The first-order chi connectivity index (χ1) is 13.0. The molecule has 5 nitrogen and oxygen atoms in total. The van der Waals surface area contributed by atoms with Crippen LogP contribution in [0.2, 0.25) is 5.02 Å². The zero-order chi connectivity index (χ0) is 19.2. The number of halogens is 1. The fraction of sp³-hybridized carbons (Fsp3) is 0.150. The normalized spacial score (nSPS) is 10.9. The van der Waals surface area contributed by atoms with Gasteiger partial charge in [0.15, 0.2) is 0 Å². The molecular weight excluding hydrogens is 382 g/mol. The number of hydrogen-bond acceptors (Lipinski definition) is 5. The fourth-order valence-electron chi connectivity index (χ4n) is 2.42. The molecule has 0 bridgehead atoms. The largest absolute Gasteiger partial charge is 0.489 e. The molecule has 1 heterocycles. The van der Waals surface area contributed by atoms with Gasteiger partial charge in [0, 0.05) is 10.6 Å². The van der Waals surface area contributed by atoms with E-state index in [9.17, 15) is 4.79 Å². The van der Waals surface area contributed by atoms with Crippen molar-refractivity contribution < 1.29 is 9.53 Å². The van der Waals surface area contributed by atoms with E-state index in [-0.39, 0.29) is 5.91 Å². The minimum Gasteiger partial charge on any atom is -0.489 e. The van der Waals surface area contributed by atoms with Gasteiger partial charge in [-0.05, 0) is 37.6 Å². The first-order valence-corrected chi connectivity index (χ1v) is 9.46. The molecule has 1 N–H and O–H groups in total. The summed E-state index contributed by atoms with van der Waals surface area (Å²) in [5.41, 5.74) is 4.96. The Morgan fingerprint density at radius 1 is 1.26 bits per heavy atom. The minimum atomic E-state index is -0.263. The summed E-state index contributed by atoms with van der Waals surface area (Å²) in [4.78, 5) is 16.9. The number of rotatable bonds is 6. The maximum absolute atomic E-state index is 12.1. The molecule has 0 aliphatic rings. The first-order valence-electron chi connectivity index (χ1n) is 8.26. The third-order valence-electron chi connectivity index (χ3n) is 3.70. The first kappa shape index (κ1) is 19.1. The van der Waals surface area contributed by atoms with Crippen molar-refractivity contribution in [1.29, 1.82) is 0 Å². The molecule has 0 unspecified atom stereocenters. The van der Waals surface area contributed by atoms with E-state index < -0.39 is 0 Å². The molecule has 3 rings (SSSR count). The lowest BCUT2D eigenvalue weighted by Gasteiger charge is -2.08. The summed E-state index contributed by atoms with van der Waals surface area (Å²) in [6.07, 6.45) is 1.57. The number of aryl methyl sites for hydroxylation is 2. The molecule has 0 saturated carbocycles. The number of amides is 1. The standard InChI is InChI=1S/C20H18ClN3O2S/c1-13-19(27-14(2)23-13)20(25)24-22-11-15-6-5-8-17(10-15)26-12-16-7-3-4-9-18(16)21/h3-11H,12H2,1-2H3,(H,24,25)/b22-11+. The molecule has 138 valence electrons. The Bertz CT molecular complexity index is 985.